The summed E-state index contributed by atoms with van der Waals surface area (Å²) in [6, 6.07) is 8.66. The molecule has 0 fully saturated rings. The summed E-state index contributed by atoms with van der Waals surface area (Å²) in [6.07, 6.45) is -4.81. The van der Waals surface area contributed by atoms with Crippen molar-refractivity contribution in [1.82, 2.24) is 0 Å². The normalized spacial score (nSPS) is 11.2. The Morgan fingerprint density at radius 3 is 2.29 bits per heavy atom. The zero-order valence-corrected chi connectivity index (χ0v) is 10.4. The molecule has 2 aromatic rings. The minimum atomic E-state index is -4.81. The van der Waals surface area contributed by atoms with Gasteiger partial charge in [-0.2, -0.15) is 0 Å². The van der Waals surface area contributed by atoms with Crippen LogP contribution in [0.1, 0.15) is 10.4 Å². The number of ether oxygens (including phenoxy) is 1. The third-order valence-electron chi connectivity index (χ3n) is 2.64. The third-order valence-corrected chi connectivity index (χ3v) is 2.64. The lowest BCUT2D eigenvalue weighted by molar-refractivity contribution is -0.274. The number of rotatable bonds is 3. The van der Waals surface area contributed by atoms with Crippen LogP contribution in [0, 0.1) is 5.82 Å². The number of benzene rings is 2. The Morgan fingerprint density at radius 2 is 1.71 bits per heavy atom. The largest absolute Gasteiger partial charge is 0.573 e. The number of halogens is 4. The molecule has 21 heavy (non-hydrogen) atoms. The smallest absolute Gasteiger partial charge is 0.406 e. The molecule has 3 nitrogen and oxygen atoms in total. The van der Waals surface area contributed by atoms with Crippen molar-refractivity contribution in [2.24, 2.45) is 5.73 Å². The molecule has 0 radical (unpaired) electrons. The molecule has 0 aliphatic heterocycles. The van der Waals surface area contributed by atoms with E-state index in [0.29, 0.717) is 11.1 Å². The number of nitrogens with two attached hydrogens (primary N) is 1. The number of carbonyl (C=O) groups is 1. The van der Waals surface area contributed by atoms with Crippen LogP contribution in [0.25, 0.3) is 11.1 Å². The van der Waals surface area contributed by atoms with Gasteiger partial charge in [0.25, 0.3) is 5.91 Å². The van der Waals surface area contributed by atoms with Gasteiger partial charge in [0, 0.05) is 0 Å². The highest BCUT2D eigenvalue weighted by molar-refractivity contribution is 5.93. The van der Waals surface area contributed by atoms with Gasteiger partial charge in [-0.3, -0.25) is 4.79 Å². The number of amides is 1. The number of alkyl halides is 3. The summed E-state index contributed by atoms with van der Waals surface area (Å²) in [5, 5.41) is 0. The van der Waals surface area contributed by atoms with Crippen molar-refractivity contribution in [2.75, 3.05) is 0 Å². The first-order valence-corrected chi connectivity index (χ1v) is 5.72. The summed E-state index contributed by atoms with van der Waals surface area (Å²) < 4.78 is 53.9. The molecule has 0 aliphatic rings. The molecule has 0 aliphatic carbocycles. The molecule has 2 rings (SSSR count). The highest BCUT2D eigenvalue weighted by Crippen LogP contribution is 2.28. The van der Waals surface area contributed by atoms with Crippen LogP contribution in [0.3, 0.4) is 0 Å². The van der Waals surface area contributed by atoms with Crippen molar-refractivity contribution in [3.05, 3.63) is 53.8 Å². The summed E-state index contributed by atoms with van der Waals surface area (Å²) in [7, 11) is 0. The Labute approximate surface area is 116 Å². The van der Waals surface area contributed by atoms with Gasteiger partial charge in [-0.05, 0) is 35.4 Å². The van der Waals surface area contributed by atoms with Gasteiger partial charge in [0.15, 0.2) is 0 Å². The molecule has 0 bridgehead atoms. The fraction of sp³-hybridized carbons (Fsp3) is 0.0714. The molecule has 0 unspecified atom stereocenters. The highest BCUT2D eigenvalue weighted by atomic mass is 19.4. The molecule has 0 saturated carbocycles. The fourth-order valence-electron chi connectivity index (χ4n) is 1.77. The first-order chi connectivity index (χ1) is 9.76. The zero-order chi connectivity index (χ0) is 15.6. The predicted octanol–water partition coefficient (Wildman–Crippen LogP) is 3.49. The molecular weight excluding hydrogens is 290 g/mol. The average Bonchev–Trinajstić information content (AvgIpc) is 2.36. The van der Waals surface area contributed by atoms with Crippen molar-refractivity contribution >= 4 is 5.91 Å². The van der Waals surface area contributed by atoms with Gasteiger partial charge in [-0.1, -0.05) is 18.2 Å². The van der Waals surface area contributed by atoms with E-state index in [4.69, 9.17) is 5.73 Å². The molecule has 110 valence electrons. The Bertz CT molecular complexity index is 683. The maximum absolute atomic E-state index is 13.6. The van der Waals surface area contributed by atoms with Gasteiger partial charge < -0.3 is 10.5 Å². The fourth-order valence-corrected chi connectivity index (χ4v) is 1.77. The van der Waals surface area contributed by atoms with Crippen molar-refractivity contribution in [2.45, 2.75) is 6.36 Å². The second-order valence-corrected chi connectivity index (χ2v) is 4.13. The van der Waals surface area contributed by atoms with Crippen LogP contribution in [0.5, 0.6) is 5.75 Å². The Kier molecular flexibility index (Phi) is 3.84. The minimum absolute atomic E-state index is 0.290. The van der Waals surface area contributed by atoms with Crippen molar-refractivity contribution in [3.8, 4) is 16.9 Å². The van der Waals surface area contributed by atoms with Gasteiger partial charge in [-0.25, -0.2) is 4.39 Å². The van der Waals surface area contributed by atoms with E-state index in [1.807, 2.05) is 0 Å². The first-order valence-electron chi connectivity index (χ1n) is 5.72. The molecule has 2 N–H and O–H groups in total. The van der Waals surface area contributed by atoms with Gasteiger partial charge in [-0.15, -0.1) is 13.2 Å². The molecule has 0 atom stereocenters. The van der Waals surface area contributed by atoms with Crippen LogP contribution in [-0.2, 0) is 0 Å². The van der Waals surface area contributed by atoms with E-state index >= 15 is 0 Å². The number of carbonyl (C=O) groups excluding carboxylic acids is 1. The lowest BCUT2D eigenvalue weighted by Crippen LogP contribution is -2.17. The van der Waals surface area contributed by atoms with E-state index in [1.54, 1.807) is 0 Å². The second-order valence-electron chi connectivity index (χ2n) is 4.13. The second kappa shape index (κ2) is 5.43. The van der Waals surface area contributed by atoms with E-state index in [0.717, 1.165) is 18.2 Å². The van der Waals surface area contributed by atoms with Crippen LogP contribution in [0.15, 0.2) is 42.5 Å². The standard InChI is InChI=1S/C14H9F4NO2/c15-12-7-9(4-5-11(12)13(19)20)8-2-1-3-10(6-8)21-14(16,17)18/h1-7H,(H2,19,20). The summed E-state index contributed by atoms with van der Waals surface area (Å²) in [6.45, 7) is 0. The molecule has 0 heterocycles. The molecule has 0 spiro atoms. The summed E-state index contributed by atoms with van der Waals surface area (Å²) in [4.78, 5) is 10.9. The van der Waals surface area contributed by atoms with Gasteiger partial charge in [0.2, 0.25) is 0 Å². The number of hydrogen-bond acceptors (Lipinski definition) is 2. The van der Waals surface area contributed by atoms with Crippen LogP contribution in [0.4, 0.5) is 17.6 Å². The Balaban J connectivity index is 2.36. The Hall–Kier alpha value is -2.57. The topological polar surface area (TPSA) is 52.3 Å². The molecule has 2 aromatic carbocycles. The Morgan fingerprint density at radius 1 is 1.05 bits per heavy atom. The monoisotopic (exact) mass is 299 g/mol. The SMILES string of the molecule is NC(=O)c1ccc(-c2cccc(OC(F)(F)F)c2)cc1F. The van der Waals surface area contributed by atoms with E-state index in [9.17, 15) is 22.4 Å². The molecule has 1 amide bonds. The van der Waals surface area contributed by atoms with Crippen LogP contribution >= 0.6 is 0 Å². The van der Waals surface area contributed by atoms with Gasteiger partial charge in [0.05, 0.1) is 5.56 Å². The van der Waals surface area contributed by atoms with E-state index in [2.05, 4.69) is 4.74 Å². The zero-order valence-electron chi connectivity index (χ0n) is 10.4. The third kappa shape index (κ3) is 3.71. The minimum Gasteiger partial charge on any atom is -0.406 e. The maximum atomic E-state index is 13.6. The lowest BCUT2D eigenvalue weighted by Gasteiger charge is -2.10. The summed E-state index contributed by atoms with van der Waals surface area (Å²) in [5.41, 5.74) is 5.29. The molecule has 7 heteroatoms. The summed E-state index contributed by atoms with van der Waals surface area (Å²) in [5.74, 6) is -2.19. The van der Waals surface area contributed by atoms with Gasteiger partial charge >= 0.3 is 6.36 Å². The quantitative estimate of drug-likeness (QED) is 0.882. The summed E-state index contributed by atoms with van der Waals surface area (Å²) >= 11 is 0. The maximum Gasteiger partial charge on any atom is 0.573 e. The number of hydrogen-bond donors (Lipinski definition) is 1. The highest BCUT2D eigenvalue weighted by Gasteiger charge is 2.31. The van der Waals surface area contributed by atoms with Crippen molar-refractivity contribution < 1.29 is 27.1 Å². The van der Waals surface area contributed by atoms with Gasteiger partial charge in [0.1, 0.15) is 11.6 Å². The van der Waals surface area contributed by atoms with E-state index in [1.165, 1.54) is 24.3 Å². The predicted molar refractivity (Wildman–Crippen MR) is 67.0 cm³/mol. The van der Waals surface area contributed by atoms with Crippen molar-refractivity contribution in [1.29, 1.82) is 0 Å². The number of primary amides is 1. The van der Waals surface area contributed by atoms with Crippen LogP contribution in [0.2, 0.25) is 0 Å². The van der Waals surface area contributed by atoms with Crippen LogP contribution in [-0.4, -0.2) is 12.3 Å². The van der Waals surface area contributed by atoms with Crippen LogP contribution < -0.4 is 10.5 Å². The lowest BCUT2D eigenvalue weighted by atomic mass is 10.0. The molecule has 0 aromatic heterocycles. The molecule has 0 saturated heterocycles. The van der Waals surface area contributed by atoms with E-state index < -0.39 is 23.8 Å². The van der Waals surface area contributed by atoms with Crippen molar-refractivity contribution in [3.63, 3.8) is 0 Å². The molecular formula is C14H9F4NO2. The van der Waals surface area contributed by atoms with E-state index in [-0.39, 0.29) is 5.56 Å². The average molecular weight is 299 g/mol. The first kappa shape index (κ1) is 14.8.